The Morgan fingerprint density at radius 2 is 2.17 bits per heavy atom. The highest BCUT2D eigenvalue weighted by atomic mass is 32.1. The van der Waals surface area contributed by atoms with Crippen molar-refractivity contribution >= 4 is 17.3 Å². The first-order valence-electron chi connectivity index (χ1n) is 6.83. The molecular formula is C13H17F3N6S. The molecule has 2 heterocycles. The van der Waals surface area contributed by atoms with E-state index in [1.807, 2.05) is 13.1 Å². The van der Waals surface area contributed by atoms with Crippen LogP contribution in [-0.2, 0) is 26.2 Å². The van der Waals surface area contributed by atoms with Crippen LogP contribution in [0.15, 0.2) is 22.6 Å². The van der Waals surface area contributed by atoms with Gasteiger partial charge in [-0.15, -0.1) is 11.3 Å². The van der Waals surface area contributed by atoms with Gasteiger partial charge >= 0.3 is 6.18 Å². The van der Waals surface area contributed by atoms with Gasteiger partial charge in [0.15, 0.2) is 11.7 Å². The first-order chi connectivity index (χ1) is 10.9. The Kier molecular flexibility index (Phi) is 5.59. The van der Waals surface area contributed by atoms with E-state index in [1.165, 1.54) is 0 Å². The molecule has 126 valence electrons. The van der Waals surface area contributed by atoms with Gasteiger partial charge in [-0.3, -0.25) is 9.67 Å². The lowest BCUT2D eigenvalue weighted by atomic mass is 10.4. The molecule has 0 amide bonds. The van der Waals surface area contributed by atoms with E-state index in [2.05, 4.69) is 25.7 Å². The lowest BCUT2D eigenvalue weighted by molar-refractivity contribution is -0.140. The van der Waals surface area contributed by atoms with Gasteiger partial charge in [-0.25, -0.2) is 4.98 Å². The largest absolute Gasteiger partial charge is 0.434 e. The summed E-state index contributed by atoms with van der Waals surface area (Å²) in [6.07, 6.45) is -2.29. The Balaban J connectivity index is 1.78. The first-order valence-corrected chi connectivity index (χ1v) is 7.71. The molecule has 0 aromatic carbocycles. The van der Waals surface area contributed by atoms with Gasteiger partial charge in [0.25, 0.3) is 0 Å². The van der Waals surface area contributed by atoms with E-state index in [-0.39, 0.29) is 0 Å². The first kappa shape index (κ1) is 17.3. The zero-order chi connectivity index (χ0) is 16.9. The van der Waals surface area contributed by atoms with Crippen molar-refractivity contribution in [2.45, 2.75) is 19.1 Å². The summed E-state index contributed by atoms with van der Waals surface area (Å²) in [5, 5.41) is 11.7. The minimum Gasteiger partial charge on any atom is -0.356 e. The predicted octanol–water partition coefficient (Wildman–Crippen LogP) is 1.80. The van der Waals surface area contributed by atoms with Crippen LogP contribution in [0.4, 0.5) is 13.2 Å². The van der Waals surface area contributed by atoms with Gasteiger partial charge in [-0.05, 0) is 6.07 Å². The fraction of sp³-hybridized carbons (Fsp3) is 0.462. The Morgan fingerprint density at radius 1 is 1.39 bits per heavy atom. The molecular weight excluding hydrogens is 329 g/mol. The quantitative estimate of drug-likeness (QED) is 0.640. The number of halogens is 3. The zero-order valence-electron chi connectivity index (χ0n) is 12.7. The van der Waals surface area contributed by atoms with E-state index in [0.29, 0.717) is 30.5 Å². The SMILES string of the molecule is CN=C(NCCc1nc(C(F)(F)F)cs1)NCc1ccnn1C. The molecule has 0 radical (unpaired) electrons. The predicted molar refractivity (Wildman–Crippen MR) is 82.2 cm³/mol. The minimum absolute atomic E-state index is 0.396. The lowest BCUT2D eigenvalue weighted by Gasteiger charge is -2.11. The van der Waals surface area contributed by atoms with Crippen LogP contribution in [0.25, 0.3) is 0 Å². The second-order valence-corrected chi connectivity index (χ2v) is 5.62. The van der Waals surface area contributed by atoms with Crippen molar-refractivity contribution in [3.8, 4) is 0 Å². The second kappa shape index (κ2) is 7.44. The molecule has 0 aliphatic rings. The molecule has 0 aliphatic heterocycles. The Morgan fingerprint density at radius 3 is 2.74 bits per heavy atom. The normalized spacial score (nSPS) is 12.5. The number of guanidine groups is 1. The molecule has 2 aromatic rings. The van der Waals surface area contributed by atoms with Crippen molar-refractivity contribution < 1.29 is 13.2 Å². The molecule has 6 nitrogen and oxygen atoms in total. The van der Waals surface area contributed by atoms with Crippen LogP contribution >= 0.6 is 11.3 Å². The summed E-state index contributed by atoms with van der Waals surface area (Å²) >= 11 is 1.01. The number of hydrogen-bond donors (Lipinski definition) is 2. The zero-order valence-corrected chi connectivity index (χ0v) is 13.5. The molecule has 0 aliphatic carbocycles. The number of nitrogens with one attached hydrogen (secondary N) is 2. The monoisotopic (exact) mass is 346 g/mol. The van der Waals surface area contributed by atoms with Crippen molar-refractivity contribution in [3.05, 3.63) is 34.0 Å². The fourth-order valence-electron chi connectivity index (χ4n) is 1.81. The molecule has 0 saturated heterocycles. The highest BCUT2D eigenvalue weighted by Gasteiger charge is 2.33. The fourth-order valence-corrected chi connectivity index (χ4v) is 2.62. The number of aliphatic imine (C=N–C) groups is 1. The van der Waals surface area contributed by atoms with Crippen LogP contribution in [0.1, 0.15) is 16.4 Å². The van der Waals surface area contributed by atoms with Crippen molar-refractivity contribution in [2.24, 2.45) is 12.0 Å². The lowest BCUT2D eigenvalue weighted by Crippen LogP contribution is -2.38. The summed E-state index contributed by atoms with van der Waals surface area (Å²) < 4.78 is 39.1. The number of rotatable bonds is 5. The molecule has 0 bridgehead atoms. The maximum absolute atomic E-state index is 12.5. The smallest absolute Gasteiger partial charge is 0.356 e. The summed E-state index contributed by atoms with van der Waals surface area (Å²) in [6, 6.07) is 1.88. The van der Waals surface area contributed by atoms with E-state index >= 15 is 0 Å². The summed E-state index contributed by atoms with van der Waals surface area (Å²) in [5.74, 6) is 0.568. The summed E-state index contributed by atoms with van der Waals surface area (Å²) in [5.41, 5.74) is 0.152. The van der Waals surface area contributed by atoms with Gasteiger partial charge in [-0.1, -0.05) is 0 Å². The molecule has 23 heavy (non-hydrogen) atoms. The summed E-state index contributed by atoms with van der Waals surface area (Å²) in [7, 11) is 3.47. The number of thiazole rings is 1. The molecule has 0 saturated carbocycles. The van der Waals surface area contributed by atoms with Crippen molar-refractivity contribution in [3.63, 3.8) is 0 Å². The average Bonchev–Trinajstić information content (AvgIpc) is 3.11. The minimum atomic E-state index is -4.39. The van der Waals surface area contributed by atoms with E-state index in [4.69, 9.17) is 0 Å². The van der Waals surface area contributed by atoms with E-state index < -0.39 is 11.9 Å². The van der Waals surface area contributed by atoms with Crippen LogP contribution in [-0.4, -0.2) is 34.3 Å². The summed E-state index contributed by atoms with van der Waals surface area (Å²) in [6.45, 7) is 0.988. The van der Waals surface area contributed by atoms with Gasteiger partial charge < -0.3 is 10.6 Å². The third-order valence-corrected chi connectivity index (χ3v) is 3.97. The van der Waals surface area contributed by atoms with Crippen LogP contribution in [0.3, 0.4) is 0 Å². The highest BCUT2D eigenvalue weighted by molar-refractivity contribution is 7.09. The van der Waals surface area contributed by atoms with Gasteiger partial charge in [0.2, 0.25) is 0 Å². The molecule has 0 atom stereocenters. The maximum atomic E-state index is 12.5. The van der Waals surface area contributed by atoms with Crippen molar-refractivity contribution in [1.82, 2.24) is 25.4 Å². The summed E-state index contributed by atoms with van der Waals surface area (Å²) in [4.78, 5) is 7.64. The van der Waals surface area contributed by atoms with Crippen molar-refractivity contribution in [2.75, 3.05) is 13.6 Å². The number of nitrogens with zero attached hydrogens (tertiary/aromatic N) is 4. The van der Waals surface area contributed by atoms with Crippen LogP contribution < -0.4 is 10.6 Å². The van der Waals surface area contributed by atoms with Gasteiger partial charge in [-0.2, -0.15) is 18.3 Å². The molecule has 2 aromatic heterocycles. The number of hydrogen-bond acceptors (Lipinski definition) is 4. The van der Waals surface area contributed by atoms with E-state index in [0.717, 1.165) is 22.4 Å². The van der Waals surface area contributed by atoms with Gasteiger partial charge in [0.05, 0.1) is 17.2 Å². The van der Waals surface area contributed by atoms with Crippen LogP contribution in [0.5, 0.6) is 0 Å². The third kappa shape index (κ3) is 4.95. The van der Waals surface area contributed by atoms with Gasteiger partial charge in [0, 0.05) is 38.6 Å². The molecule has 2 rings (SSSR count). The van der Waals surface area contributed by atoms with Crippen LogP contribution in [0.2, 0.25) is 0 Å². The Labute approximate surface area is 135 Å². The molecule has 0 fully saturated rings. The molecule has 2 N–H and O–H groups in total. The number of aromatic nitrogens is 3. The molecule has 10 heteroatoms. The highest BCUT2D eigenvalue weighted by Crippen LogP contribution is 2.29. The maximum Gasteiger partial charge on any atom is 0.434 e. The molecule has 0 spiro atoms. The molecule has 0 unspecified atom stereocenters. The standard InChI is InChI=1S/C13H17F3N6S/c1-17-12(19-7-9-3-6-20-22(9)2)18-5-4-11-21-10(8-23-11)13(14,15)16/h3,6,8H,4-5,7H2,1-2H3,(H2,17,18,19). The van der Waals surface area contributed by atoms with Crippen LogP contribution in [0, 0.1) is 0 Å². The number of alkyl halides is 3. The topological polar surface area (TPSA) is 67.1 Å². The average molecular weight is 346 g/mol. The van der Waals surface area contributed by atoms with Crippen molar-refractivity contribution in [1.29, 1.82) is 0 Å². The van der Waals surface area contributed by atoms with E-state index in [1.54, 1.807) is 17.9 Å². The van der Waals surface area contributed by atoms with Gasteiger partial charge in [0.1, 0.15) is 0 Å². The second-order valence-electron chi connectivity index (χ2n) is 4.67. The Bertz CT molecular complexity index is 661. The number of aryl methyl sites for hydroxylation is 1. The third-order valence-electron chi connectivity index (χ3n) is 3.06. The Hall–Kier alpha value is -2.10. The van der Waals surface area contributed by atoms with E-state index in [9.17, 15) is 13.2 Å².